The van der Waals surface area contributed by atoms with Gasteiger partial charge in [-0.2, -0.15) is 0 Å². The summed E-state index contributed by atoms with van der Waals surface area (Å²) in [5.74, 6) is 0. The van der Waals surface area contributed by atoms with E-state index in [0.29, 0.717) is 12.1 Å². The zero-order valence-corrected chi connectivity index (χ0v) is 7.80. The molecule has 0 aliphatic heterocycles. The molecular formula is C9H12N2O3. The quantitative estimate of drug-likeness (QED) is 0.553. The first-order chi connectivity index (χ1) is 6.65. The van der Waals surface area contributed by atoms with Crippen molar-refractivity contribution in [2.45, 2.75) is 6.10 Å². The van der Waals surface area contributed by atoms with Crippen LogP contribution in [0, 0.1) is 10.1 Å². The number of likely N-dealkylation sites (N-methyl/N-ethyl adjacent to an activating group) is 1. The van der Waals surface area contributed by atoms with Crippen molar-refractivity contribution in [1.82, 2.24) is 5.32 Å². The van der Waals surface area contributed by atoms with Crippen molar-refractivity contribution in [3.8, 4) is 0 Å². The molecule has 2 N–H and O–H groups in total. The molecule has 0 unspecified atom stereocenters. The van der Waals surface area contributed by atoms with Gasteiger partial charge in [-0.1, -0.05) is 12.1 Å². The van der Waals surface area contributed by atoms with Crippen LogP contribution in [-0.2, 0) is 0 Å². The summed E-state index contributed by atoms with van der Waals surface area (Å²) >= 11 is 0. The smallest absolute Gasteiger partial charge is 0.269 e. The lowest BCUT2D eigenvalue weighted by Crippen LogP contribution is -2.16. The van der Waals surface area contributed by atoms with Crippen molar-refractivity contribution in [3.05, 3.63) is 39.9 Å². The highest BCUT2D eigenvalue weighted by molar-refractivity contribution is 5.35. The average Bonchev–Trinajstić information content (AvgIpc) is 2.18. The molecule has 0 saturated heterocycles. The first-order valence-electron chi connectivity index (χ1n) is 4.22. The van der Waals surface area contributed by atoms with Gasteiger partial charge in [0.15, 0.2) is 0 Å². The first-order valence-corrected chi connectivity index (χ1v) is 4.22. The van der Waals surface area contributed by atoms with E-state index in [4.69, 9.17) is 0 Å². The molecule has 14 heavy (non-hydrogen) atoms. The maximum absolute atomic E-state index is 10.4. The fraction of sp³-hybridized carbons (Fsp3) is 0.333. The van der Waals surface area contributed by atoms with E-state index in [1.165, 1.54) is 12.1 Å². The van der Waals surface area contributed by atoms with Crippen LogP contribution in [0.3, 0.4) is 0 Å². The Bertz CT molecular complexity index is 328. The normalized spacial score (nSPS) is 12.4. The number of hydrogen-bond acceptors (Lipinski definition) is 4. The van der Waals surface area contributed by atoms with Crippen LogP contribution < -0.4 is 5.32 Å². The van der Waals surface area contributed by atoms with Crippen LogP contribution in [0.2, 0.25) is 0 Å². The van der Waals surface area contributed by atoms with E-state index in [2.05, 4.69) is 5.32 Å². The van der Waals surface area contributed by atoms with Crippen LogP contribution in [0.15, 0.2) is 24.3 Å². The Hall–Kier alpha value is -1.46. The summed E-state index contributed by atoms with van der Waals surface area (Å²) in [6.07, 6.45) is -0.708. The van der Waals surface area contributed by atoms with Gasteiger partial charge < -0.3 is 10.4 Å². The zero-order valence-electron chi connectivity index (χ0n) is 7.80. The Labute approximate surface area is 81.5 Å². The summed E-state index contributed by atoms with van der Waals surface area (Å²) in [6.45, 7) is 0.376. The molecule has 1 atom stereocenters. The lowest BCUT2D eigenvalue weighted by Gasteiger charge is -2.09. The molecule has 5 heteroatoms. The molecule has 0 amide bonds. The van der Waals surface area contributed by atoms with Gasteiger partial charge in [0.25, 0.3) is 5.69 Å². The van der Waals surface area contributed by atoms with Gasteiger partial charge in [0.2, 0.25) is 0 Å². The molecule has 0 aliphatic rings. The van der Waals surface area contributed by atoms with Crippen molar-refractivity contribution in [2.24, 2.45) is 0 Å². The van der Waals surface area contributed by atoms with Crippen molar-refractivity contribution < 1.29 is 10.0 Å². The van der Waals surface area contributed by atoms with Crippen molar-refractivity contribution in [2.75, 3.05) is 13.6 Å². The highest BCUT2D eigenvalue weighted by Gasteiger charge is 2.10. The number of nitro groups is 1. The van der Waals surface area contributed by atoms with Gasteiger partial charge in [0.1, 0.15) is 0 Å². The minimum atomic E-state index is -0.708. The van der Waals surface area contributed by atoms with E-state index in [9.17, 15) is 15.2 Å². The molecule has 0 radical (unpaired) electrons. The molecule has 0 aromatic heterocycles. The summed E-state index contributed by atoms with van der Waals surface area (Å²) in [6, 6.07) is 6.00. The molecule has 0 spiro atoms. The minimum Gasteiger partial charge on any atom is -0.387 e. The van der Waals surface area contributed by atoms with E-state index in [1.807, 2.05) is 0 Å². The Balaban J connectivity index is 2.87. The van der Waals surface area contributed by atoms with E-state index < -0.39 is 11.0 Å². The topological polar surface area (TPSA) is 75.4 Å². The highest BCUT2D eigenvalue weighted by Crippen LogP contribution is 2.18. The second kappa shape index (κ2) is 4.69. The lowest BCUT2D eigenvalue weighted by atomic mass is 10.1. The van der Waals surface area contributed by atoms with Crippen LogP contribution in [0.4, 0.5) is 5.69 Å². The molecule has 0 aliphatic carbocycles. The summed E-state index contributed by atoms with van der Waals surface area (Å²) in [5.41, 5.74) is 0.547. The number of hydrogen-bond donors (Lipinski definition) is 2. The Morgan fingerprint density at radius 1 is 1.64 bits per heavy atom. The predicted octanol–water partition coefficient (Wildman–Crippen LogP) is 0.848. The monoisotopic (exact) mass is 196 g/mol. The molecule has 1 rings (SSSR count). The number of aliphatic hydroxyl groups excluding tert-OH is 1. The molecule has 76 valence electrons. The van der Waals surface area contributed by atoms with Crippen molar-refractivity contribution >= 4 is 5.69 Å². The number of rotatable bonds is 4. The molecule has 1 aromatic carbocycles. The Morgan fingerprint density at radius 3 is 2.93 bits per heavy atom. The van der Waals surface area contributed by atoms with Gasteiger partial charge in [0, 0.05) is 18.7 Å². The van der Waals surface area contributed by atoms with Gasteiger partial charge in [-0.25, -0.2) is 0 Å². The first kappa shape index (κ1) is 10.6. The van der Waals surface area contributed by atoms with Crippen molar-refractivity contribution in [3.63, 3.8) is 0 Å². The number of benzene rings is 1. The maximum Gasteiger partial charge on any atom is 0.269 e. The predicted molar refractivity (Wildman–Crippen MR) is 52.0 cm³/mol. The van der Waals surface area contributed by atoms with E-state index in [0.717, 1.165) is 0 Å². The minimum absolute atomic E-state index is 0.00217. The number of nitrogens with zero attached hydrogens (tertiary/aromatic N) is 1. The second-order valence-corrected chi connectivity index (χ2v) is 2.93. The number of nitrogens with one attached hydrogen (secondary N) is 1. The van der Waals surface area contributed by atoms with E-state index >= 15 is 0 Å². The molecule has 5 nitrogen and oxygen atoms in total. The largest absolute Gasteiger partial charge is 0.387 e. The number of aliphatic hydroxyl groups is 1. The number of non-ortho nitro benzene ring substituents is 1. The summed E-state index contributed by atoms with van der Waals surface area (Å²) in [4.78, 5) is 9.97. The molecule has 0 bridgehead atoms. The summed E-state index contributed by atoms with van der Waals surface area (Å²) in [5, 5.41) is 22.8. The zero-order chi connectivity index (χ0) is 10.6. The molecule has 1 aromatic rings. The SMILES string of the molecule is CNC[C@H](O)c1cccc([N+](=O)[O-])c1. The Morgan fingerprint density at radius 2 is 2.36 bits per heavy atom. The van der Waals surface area contributed by atoms with Gasteiger partial charge in [0.05, 0.1) is 11.0 Å². The summed E-state index contributed by atoms with van der Waals surface area (Å²) < 4.78 is 0. The molecule has 0 saturated carbocycles. The van der Waals surface area contributed by atoms with Gasteiger partial charge in [-0.3, -0.25) is 10.1 Å². The third kappa shape index (κ3) is 2.51. The van der Waals surface area contributed by atoms with Crippen LogP contribution in [0.5, 0.6) is 0 Å². The highest BCUT2D eigenvalue weighted by atomic mass is 16.6. The fourth-order valence-corrected chi connectivity index (χ4v) is 1.16. The van der Waals surface area contributed by atoms with Crippen molar-refractivity contribution in [1.29, 1.82) is 0 Å². The van der Waals surface area contributed by atoms with Crippen LogP contribution in [0.1, 0.15) is 11.7 Å². The third-order valence-electron chi connectivity index (χ3n) is 1.86. The van der Waals surface area contributed by atoms with Gasteiger partial charge in [-0.15, -0.1) is 0 Å². The number of nitro benzene ring substituents is 1. The standard InChI is InChI=1S/C9H12N2O3/c1-10-6-9(12)7-3-2-4-8(5-7)11(13)14/h2-5,9-10,12H,6H2,1H3/t9-/m0/s1. The third-order valence-corrected chi connectivity index (χ3v) is 1.86. The van der Waals surface area contributed by atoms with Crippen LogP contribution in [0.25, 0.3) is 0 Å². The molecule has 0 heterocycles. The Kier molecular flexibility index (Phi) is 3.55. The molecular weight excluding hydrogens is 184 g/mol. The fourth-order valence-electron chi connectivity index (χ4n) is 1.16. The van der Waals surface area contributed by atoms with Gasteiger partial charge >= 0.3 is 0 Å². The maximum atomic E-state index is 10.4. The van der Waals surface area contributed by atoms with E-state index in [-0.39, 0.29) is 5.69 Å². The van der Waals surface area contributed by atoms with Gasteiger partial charge in [-0.05, 0) is 12.6 Å². The van der Waals surface area contributed by atoms with Crippen LogP contribution in [-0.4, -0.2) is 23.6 Å². The molecule has 0 fully saturated rings. The summed E-state index contributed by atoms with van der Waals surface area (Å²) in [7, 11) is 1.71. The lowest BCUT2D eigenvalue weighted by molar-refractivity contribution is -0.385. The second-order valence-electron chi connectivity index (χ2n) is 2.93. The average molecular weight is 196 g/mol. The van der Waals surface area contributed by atoms with E-state index in [1.54, 1.807) is 19.2 Å². The van der Waals surface area contributed by atoms with Crippen LogP contribution >= 0.6 is 0 Å².